The number of carbonyl (C=O) groups is 1. The van der Waals surface area contributed by atoms with Gasteiger partial charge in [0.25, 0.3) is 0 Å². The smallest absolute Gasteiger partial charge is 0.229 e. The van der Waals surface area contributed by atoms with Gasteiger partial charge in [0, 0.05) is 37.9 Å². The molecule has 0 radical (unpaired) electrons. The molecule has 2 N–H and O–H groups in total. The van der Waals surface area contributed by atoms with Crippen LogP contribution in [-0.2, 0) is 11.8 Å². The summed E-state index contributed by atoms with van der Waals surface area (Å²) in [6, 6.07) is 7.88. The predicted octanol–water partition coefficient (Wildman–Crippen LogP) is 1.67. The van der Waals surface area contributed by atoms with Crippen molar-refractivity contribution < 1.29 is 4.79 Å². The fourth-order valence-electron chi connectivity index (χ4n) is 2.89. The van der Waals surface area contributed by atoms with Gasteiger partial charge in [-0.1, -0.05) is 12.1 Å². The number of rotatable bonds is 3. The van der Waals surface area contributed by atoms with Crippen LogP contribution in [0.1, 0.15) is 17.0 Å². The van der Waals surface area contributed by atoms with Gasteiger partial charge in [0.1, 0.15) is 0 Å². The molecule has 5 heteroatoms. The number of benzene rings is 1. The molecule has 1 fully saturated rings. The first kappa shape index (κ1) is 13.8. The predicted molar refractivity (Wildman–Crippen MR) is 82.1 cm³/mol. The maximum Gasteiger partial charge on any atom is 0.229 e. The Balaban J connectivity index is 1.74. The molecule has 21 heavy (non-hydrogen) atoms. The summed E-state index contributed by atoms with van der Waals surface area (Å²) in [5.41, 5.74) is 3.12. The Labute approximate surface area is 124 Å². The van der Waals surface area contributed by atoms with Crippen molar-refractivity contribution in [1.82, 2.24) is 15.1 Å². The van der Waals surface area contributed by atoms with E-state index in [2.05, 4.69) is 15.7 Å². The molecule has 0 saturated carbocycles. The molecule has 1 aliphatic heterocycles. The van der Waals surface area contributed by atoms with Crippen LogP contribution >= 0.6 is 0 Å². The average molecular weight is 284 g/mol. The zero-order chi connectivity index (χ0) is 14.8. The van der Waals surface area contributed by atoms with E-state index in [1.165, 1.54) is 0 Å². The molecule has 3 rings (SSSR count). The minimum Gasteiger partial charge on any atom is -0.326 e. The Morgan fingerprint density at radius 1 is 1.43 bits per heavy atom. The summed E-state index contributed by atoms with van der Waals surface area (Å²) < 4.78 is 1.78. The number of aromatic nitrogens is 2. The lowest BCUT2D eigenvalue weighted by molar-refractivity contribution is -0.119. The molecule has 110 valence electrons. The molecule has 1 aromatic heterocycles. The van der Waals surface area contributed by atoms with E-state index in [1.807, 2.05) is 50.6 Å². The molecule has 1 saturated heterocycles. The highest BCUT2D eigenvalue weighted by Crippen LogP contribution is 2.28. The lowest BCUT2D eigenvalue weighted by atomic mass is 9.90. The van der Waals surface area contributed by atoms with E-state index in [9.17, 15) is 4.79 Å². The van der Waals surface area contributed by atoms with Gasteiger partial charge in [-0.15, -0.1) is 0 Å². The fourth-order valence-corrected chi connectivity index (χ4v) is 2.89. The molecule has 2 atom stereocenters. The summed E-state index contributed by atoms with van der Waals surface area (Å²) in [4.78, 5) is 12.5. The number of aryl methyl sites for hydroxylation is 2. The van der Waals surface area contributed by atoms with Gasteiger partial charge >= 0.3 is 0 Å². The third-order valence-corrected chi connectivity index (χ3v) is 3.99. The Morgan fingerprint density at radius 2 is 2.29 bits per heavy atom. The second kappa shape index (κ2) is 5.69. The zero-order valence-electron chi connectivity index (χ0n) is 12.3. The number of amides is 1. The molecule has 2 aromatic rings. The van der Waals surface area contributed by atoms with Crippen LogP contribution in [0.2, 0.25) is 0 Å². The van der Waals surface area contributed by atoms with Crippen molar-refractivity contribution in [3.63, 3.8) is 0 Å². The van der Waals surface area contributed by atoms with E-state index in [4.69, 9.17) is 0 Å². The number of hydrogen-bond donors (Lipinski definition) is 2. The van der Waals surface area contributed by atoms with Gasteiger partial charge in [-0.3, -0.25) is 9.48 Å². The summed E-state index contributed by atoms with van der Waals surface area (Å²) >= 11 is 0. The number of carbonyl (C=O) groups excluding carboxylic acids is 1. The Kier molecular flexibility index (Phi) is 3.75. The van der Waals surface area contributed by atoms with Crippen molar-refractivity contribution in [3.05, 3.63) is 47.8 Å². The molecule has 0 unspecified atom stereocenters. The van der Waals surface area contributed by atoms with E-state index in [-0.39, 0.29) is 17.7 Å². The highest BCUT2D eigenvalue weighted by Gasteiger charge is 2.34. The number of nitrogens with zero attached hydrogens (tertiary/aromatic N) is 2. The van der Waals surface area contributed by atoms with Gasteiger partial charge < -0.3 is 10.6 Å². The number of hydrogen-bond acceptors (Lipinski definition) is 3. The third-order valence-electron chi connectivity index (χ3n) is 3.99. The van der Waals surface area contributed by atoms with Gasteiger partial charge in [0.05, 0.1) is 12.1 Å². The number of anilines is 1. The molecule has 5 nitrogen and oxygen atoms in total. The van der Waals surface area contributed by atoms with Crippen LogP contribution in [-0.4, -0.2) is 28.8 Å². The molecule has 1 amide bonds. The van der Waals surface area contributed by atoms with Crippen molar-refractivity contribution in [2.45, 2.75) is 12.8 Å². The van der Waals surface area contributed by atoms with Crippen LogP contribution in [0.4, 0.5) is 5.69 Å². The highest BCUT2D eigenvalue weighted by atomic mass is 16.1. The van der Waals surface area contributed by atoms with Gasteiger partial charge in [-0.25, -0.2) is 0 Å². The number of nitrogens with one attached hydrogen (secondary N) is 2. The first-order valence-electron chi connectivity index (χ1n) is 7.20. The van der Waals surface area contributed by atoms with Crippen LogP contribution in [0.15, 0.2) is 36.7 Å². The summed E-state index contributed by atoms with van der Waals surface area (Å²) in [6.07, 6.45) is 3.84. The van der Waals surface area contributed by atoms with E-state index in [0.29, 0.717) is 6.54 Å². The third kappa shape index (κ3) is 2.97. The second-order valence-electron chi connectivity index (χ2n) is 5.68. The topological polar surface area (TPSA) is 59.0 Å². The summed E-state index contributed by atoms with van der Waals surface area (Å²) in [6.45, 7) is 3.54. The quantitative estimate of drug-likeness (QED) is 0.901. The van der Waals surface area contributed by atoms with Crippen molar-refractivity contribution in [2.75, 3.05) is 18.4 Å². The van der Waals surface area contributed by atoms with Crippen molar-refractivity contribution >= 4 is 11.6 Å². The van der Waals surface area contributed by atoms with Crippen LogP contribution in [0, 0.1) is 12.8 Å². The summed E-state index contributed by atoms with van der Waals surface area (Å²) in [5.74, 6) is 0.192. The van der Waals surface area contributed by atoms with E-state index in [1.54, 1.807) is 4.68 Å². The first-order valence-corrected chi connectivity index (χ1v) is 7.20. The fraction of sp³-hybridized carbons (Fsp3) is 0.375. The molecule has 1 aromatic carbocycles. The molecular formula is C16H20N4O. The second-order valence-corrected chi connectivity index (χ2v) is 5.68. The minimum atomic E-state index is -0.0605. The lowest BCUT2D eigenvalue weighted by Gasteiger charge is -2.17. The molecular weight excluding hydrogens is 264 g/mol. The van der Waals surface area contributed by atoms with E-state index >= 15 is 0 Å². The zero-order valence-corrected chi connectivity index (χ0v) is 12.3. The molecule has 0 spiro atoms. The standard InChI is InChI=1S/C16H20N4O/c1-11-4-3-5-13(6-11)19-16(21)15-9-17-8-14(15)12-7-18-20(2)10-12/h3-7,10,14-15,17H,8-9H2,1-2H3,(H,19,21)/t14-,15+/m1/s1. The van der Waals surface area contributed by atoms with E-state index in [0.717, 1.165) is 23.4 Å². The van der Waals surface area contributed by atoms with Crippen LogP contribution in [0.3, 0.4) is 0 Å². The maximum atomic E-state index is 12.5. The highest BCUT2D eigenvalue weighted by molar-refractivity contribution is 5.93. The monoisotopic (exact) mass is 284 g/mol. The van der Waals surface area contributed by atoms with Crippen molar-refractivity contribution in [1.29, 1.82) is 0 Å². The molecule has 2 heterocycles. The van der Waals surface area contributed by atoms with Crippen molar-refractivity contribution in [2.24, 2.45) is 13.0 Å². The molecule has 0 bridgehead atoms. The summed E-state index contributed by atoms with van der Waals surface area (Å²) in [5, 5.41) is 10.5. The Hall–Kier alpha value is -2.14. The first-order chi connectivity index (χ1) is 10.1. The van der Waals surface area contributed by atoms with Crippen LogP contribution < -0.4 is 10.6 Å². The van der Waals surface area contributed by atoms with Crippen molar-refractivity contribution in [3.8, 4) is 0 Å². The molecule has 1 aliphatic rings. The van der Waals surface area contributed by atoms with E-state index < -0.39 is 0 Å². The van der Waals surface area contributed by atoms with Crippen LogP contribution in [0.5, 0.6) is 0 Å². The average Bonchev–Trinajstić information content (AvgIpc) is 3.06. The summed E-state index contributed by atoms with van der Waals surface area (Å²) in [7, 11) is 1.90. The van der Waals surface area contributed by atoms with Gasteiger partial charge in [-0.05, 0) is 30.2 Å². The van der Waals surface area contributed by atoms with Crippen LogP contribution in [0.25, 0.3) is 0 Å². The minimum absolute atomic E-state index is 0.0605. The maximum absolute atomic E-state index is 12.5. The SMILES string of the molecule is Cc1cccc(NC(=O)[C@H]2CNC[C@@H]2c2cnn(C)c2)c1. The Bertz CT molecular complexity index is 649. The Morgan fingerprint density at radius 3 is 3.00 bits per heavy atom. The van der Waals surface area contributed by atoms with Gasteiger partial charge in [0.2, 0.25) is 5.91 Å². The lowest BCUT2D eigenvalue weighted by Crippen LogP contribution is -2.28. The normalized spacial score (nSPS) is 21.4. The molecule has 0 aliphatic carbocycles. The van der Waals surface area contributed by atoms with Gasteiger partial charge in [0.15, 0.2) is 0 Å². The largest absolute Gasteiger partial charge is 0.326 e. The van der Waals surface area contributed by atoms with Gasteiger partial charge in [-0.2, -0.15) is 5.10 Å².